The third-order valence-electron chi connectivity index (χ3n) is 1.51. The Balaban J connectivity index is 3.22. The van der Waals surface area contributed by atoms with Crippen LogP contribution in [0.1, 0.15) is 12.0 Å². The van der Waals surface area contributed by atoms with Gasteiger partial charge in [0, 0.05) is 5.56 Å². The number of benzene rings is 1. The van der Waals surface area contributed by atoms with Gasteiger partial charge in [-0.3, -0.25) is 0 Å². The van der Waals surface area contributed by atoms with E-state index < -0.39 is 6.43 Å². The third-order valence-corrected chi connectivity index (χ3v) is 2.68. The molecule has 1 aromatic carbocycles. The predicted molar refractivity (Wildman–Crippen MR) is 55.7 cm³/mol. The fourth-order valence-corrected chi connectivity index (χ4v) is 1.99. The smallest absolute Gasteiger partial charge is 0.265 e. The lowest BCUT2D eigenvalue weighted by Crippen LogP contribution is -1.92. The highest BCUT2D eigenvalue weighted by Gasteiger charge is 2.14. The highest BCUT2D eigenvalue weighted by Crippen LogP contribution is 2.33. The molecule has 0 N–H and O–H groups in total. The first-order chi connectivity index (χ1) is 6.06. The van der Waals surface area contributed by atoms with E-state index in [-0.39, 0.29) is 10.6 Å². The molecule has 0 saturated heterocycles. The first kappa shape index (κ1) is 11.0. The molecule has 0 radical (unpaired) electrons. The van der Waals surface area contributed by atoms with Gasteiger partial charge < -0.3 is 4.74 Å². The van der Waals surface area contributed by atoms with Gasteiger partial charge in [-0.2, -0.15) is 0 Å². The van der Waals surface area contributed by atoms with Crippen LogP contribution in [0.4, 0.5) is 8.78 Å². The summed E-state index contributed by atoms with van der Waals surface area (Å²) in [7, 11) is 1.43. The maximum absolute atomic E-state index is 12.3. The second kappa shape index (κ2) is 4.41. The monoisotopic (exact) mass is 318 g/mol. The average Bonchev–Trinajstić information content (AvgIpc) is 2.03. The molecule has 0 heterocycles. The van der Waals surface area contributed by atoms with Crippen molar-refractivity contribution in [2.24, 2.45) is 0 Å². The molecule has 72 valence electrons. The minimum atomic E-state index is -2.57. The van der Waals surface area contributed by atoms with Crippen molar-refractivity contribution in [3.8, 4) is 5.75 Å². The van der Waals surface area contributed by atoms with E-state index in [1.807, 2.05) is 22.6 Å². The minimum Gasteiger partial charge on any atom is -0.496 e. The largest absolute Gasteiger partial charge is 0.496 e. The maximum atomic E-state index is 12.3. The number of hydrogen-bond acceptors (Lipinski definition) is 1. The quantitative estimate of drug-likeness (QED) is 0.752. The second-order valence-corrected chi connectivity index (χ2v) is 3.88. The van der Waals surface area contributed by atoms with E-state index in [1.165, 1.54) is 19.2 Å². The molecular weight excluding hydrogens is 312 g/mol. The molecule has 0 saturated carbocycles. The molecule has 0 fully saturated rings. The van der Waals surface area contributed by atoms with E-state index in [1.54, 1.807) is 0 Å². The van der Waals surface area contributed by atoms with Crippen LogP contribution in [0.3, 0.4) is 0 Å². The molecule has 0 aliphatic carbocycles. The van der Waals surface area contributed by atoms with Gasteiger partial charge in [-0.1, -0.05) is 11.6 Å². The van der Waals surface area contributed by atoms with Gasteiger partial charge >= 0.3 is 0 Å². The summed E-state index contributed by atoms with van der Waals surface area (Å²) in [5.41, 5.74) is -0.195. The molecule has 13 heavy (non-hydrogen) atoms. The Hall–Kier alpha value is -0.100. The van der Waals surface area contributed by atoms with Crippen LogP contribution in [0.2, 0.25) is 5.02 Å². The minimum absolute atomic E-state index is 0.0696. The van der Waals surface area contributed by atoms with Crippen molar-refractivity contribution in [1.82, 2.24) is 0 Å². The van der Waals surface area contributed by atoms with Crippen molar-refractivity contribution in [1.29, 1.82) is 0 Å². The van der Waals surface area contributed by atoms with Crippen molar-refractivity contribution in [3.05, 3.63) is 26.3 Å². The topological polar surface area (TPSA) is 9.23 Å². The van der Waals surface area contributed by atoms with Gasteiger partial charge in [-0.15, -0.1) is 0 Å². The summed E-state index contributed by atoms with van der Waals surface area (Å²) in [4.78, 5) is 0. The number of halogens is 4. The van der Waals surface area contributed by atoms with E-state index >= 15 is 0 Å². The van der Waals surface area contributed by atoms with E-state index in [0.717, 1.165) is 3.57 Å². The van der Waals surface area contributed by atoms with Crippen molar-refractivity contribution in [3.63, 3.8) is 0 Å². The summed E-state index contributed by atoms with van der Waals surface area (Å²) in [5.74, 6) is 0.417. The van der Waals surface area contributed by atoms with Crippen LogP contribution in [0.25, 0.3) is 0 Å². The molecular formula is C8H6ClF2IO. The van der Waals surface area contributed by atoms with E-state index in [0.29, 0.717) is 5.75 Å². The van der Waals surface area contributed by atoms with Gasteiger partial charge in [0.15, 0.2) is 0 Å². The number of hydrogen-bond donors (Lipinski definition) is 0. The van der Waals surface area contributed by atoms with Gasteiger partial charge in [0.25, 0.3) is 6.43 Å². The first-order valence-corrected chi connectivity index (χ1v) is 4.83. The zero-order valence-corrected chi connectivity index (χ0v) is 9.57. The molecule has 0 spiro atoms. The summed E-state index contributed by atoms with van der Waals surface area (Å²) >= 11 is 7.58. The third kappa shape index (κ3) is 2.43. The second-order valence-electron chi connectivity index (χ2n) is 2.31. The van der Waals surface area contributed by atoms with Crippen molar-refractivity contribution < 1.29 is 13.5 Å². The Morgan fingerprint density at radius 3 is 2.54 bits per heavy atom. The molecule has 0 atom stereocenters. The molecule has 1 nitrogen and oxygen atoms in total. The van der Waals surface area contributed by atoms with Gasteiger partial charge in [0.2, 0.25) is 0 Å². The number of rotatable bonds is 2. The first-order valence-electron chi connectivity index (χ1n) is 3.37. The molecule has 5 heteroatoms. The lowest BCUT2D eigenvalue weighted by molar-refractivity contribution is 0.151. The van der Waals surface area contributed by atoms with Crippen LogP contribution in [0, 0.1) is 3.57 Å². The average molecular weight is 318 g/mol. The SMILES string of the molecule is COc1cc(C(F)F)c(Cl)cc1I. The molecule has 0 aliphatic rings. The lowest BCUT2D eigenvalue weighted by Gasteiger charge is -2.08. The fourth-order valence-electron chi connectivity index (χ4n) is 0.868. The molecule has 0 unspecified atom stereocenters. The van der Waals surface area contributed by atoms with Gasteiger partial charge in [-0.05, 0) is 34.7 Å². The van der Waals surface area contributed by atoms with Gasteiger partial charge in [0.1, 0.15) is 5.75 Å². The Morgan fingerprint density at radius 2 is 2.08 bits per heavy atom. The standard InChI is InChI=1S/C8H6ClF2IO/c1-13-7-2-4(8(10)11)5(9)3-6(7)12/h2-3,8H,1H3. The van der Waals surface area contributed by atoms with Crippen LogP contribution >= 0.6 is 34.2 Å². The number of alkyl halides is 2. The van der Waals surface area contributed by atoms with Gasteiger partial charge in [-0.25, -0.2) is 8.78 Å². The van der Waals surface area contributed by atoms with Crippen LogP contribution in [0.5, 0.6) is 5.75 Å². The summed E-state index contributed by atoms with van der Waals surface area (Å²) < 4.78 is 30.3. The molecule has 0 bridgehead atoms. The van der Waals surface area contributed by atoms with Crippen LogP contribution in [0.15, 0.2) is 12.1 Å². The Bertz CT molecular complexity index is 317. The highest BCUT2D eigenvalue weighted by molar-refractivity contribution is 14.1. The molecule has 1 aromatic rings. The Labute approximate surface area is 93.2 Å². The Morgan fingerprint density at radius 1 is 1.46 bits per heavy atom. The molecule has 0 aromatic heterocycles. The van der Waals surface area contributed by atoms with Crippen molar-refractivity contribution >= 4 is 34.2 Å². The lowest BCUT2D eigenvalue weighted by atomic mass is 10.2. The maximum Gasteiger partial charge on any atom is 0.265 e. The summed E-state index contributed by atoms with van der Waals surface area (Å²) in [6.07, 6.45) is -2.57. The molecule has 0 aliphatic heterocycles. The van der Waals surface area contributed by atoms with E-state index in [9.17, 15) is 8.78 Å². The van der Waals surface area contributed by atoms with Crippen LogP contribution in [-0.4, -0.2) is 7.11 Å². The van der Waals surface area contributed by atoms with E-state index in [4.69, 9.17) is 16.3 Å². The van der Waals surface area contributed by atoms with Crippen LogP contribution < -0.4 is 4.74 Å². The van der Waals surface area contributed by atoms with Gasteiger partial charge in [0.05, 0.1) is 15.7 Å². The highest BCUT2D eigenvalue weighted by atomic mass is 127. The zero-order valence-electron chi connectivity index (χ0n) is 6.65. The van der Waals surface area contributed by atoms with Crippen molar-refractivity contribution in [2.75, 3.05) is 7.11 Å². The fraction of sp³-hybridized carbons (Fsp3) is 0.250. The van der Waals surface area contributed by atoms with E-state index in [2.05, 4.69) is 0 Å². The summed E-state index contributed by atoms with van der Waals surface area (Å²) in [6, 6.07) is 2.72. The zero-order chi connectivity index (χ0) is 10.0. The number of ether oxygens (including phenoxy) is 1. The Kier molecular flexibility index (Phi) is 3.73. The predicted octanol–water partition coefficient (Wildman–Crippen LogP) is 3.89. The molecule has 0 amide bonds. The molecule has 1 rings (SSSR count). The summed E-state index contributed by atoms with van der Waals surface area (Å²) in [5, 5.41) is 0.0696. The normalized spacial score (nSPS) is 10.6. The summed E-state index contributed by atoms with van der Waals surface area (Å²) in [6.45, 7) is 0. The van der Waals surface area contributed by atoms with Crippen LogP contribution in [-0.2, 0) is 0 Å². The number of methoxy groups -OCH3 is 1. The van der Waals surface area contributed by atoms with Crippen molar-refractivity contribution in [2.45, 2.75) is 6.43 Å².